The van der Waals surface area contributed by atoms with Crippen LogP contribution in [-0.4, -0.2) is 13.0 Å². The molecule has 0 saturated carbocycles. The molecule has 1 aliphatic rings. The SMILES string of the molecule is CN1C(=O)[C@@H](CCCC#N)[C@H](c2ccccc2)c2ccccc21. The number of anilines is 1. The number of carbonyl (C=O) groups is 1. The fourth-order valence-corrected chi connectivity index (χ4v) is 3.55. The van der Waals surface area contributed by atoms with Crippen molar-refractivity contribution in [3.05, 3.63) is 65.7 Å². The van der Waals surface area contributed by atoms with Crippen LogP contribution in [-0.2, 0) is 4.79 Å². The van der Waals surface area contributed by atoms with E-state index in [0.29, 0.717) is 6.42 Å². The molecular formula is C20H20N2O. The first-order valence-electron chi connectivity index (χ1n) is 8.02. The number of nitriles is 1. The normalized spacial score (nSPS) is 20.0. The highest BCUT2D eigenvalue weighted by Crippen LogP contribution is 2.44. The van der Waals surface area contributed by atoms with Crippen molar-refractivity contribution in [2.75, 3.05) is 11.9 Å². The Balaban J connectivity index is 2.06. The fourth-order valence-electron chi connectivity index (χ4n) is 3.55. The van der Waals surface area contributed by atoms with Crippen LogP contribution in [0, 0.1) is 17.2 Å². The molecule has 3 rings (SSSR count). The van der Waals surface area contributed by atoms with E-state index in [9.17, 15) is 4.79 Å². The van der Waals surface area contributed by atoms with E-state index in [1.807, 2.05) is 43.4 Å². The number of nitrogens with zero attached hydrogens (tertiary/aromatic N) is 2. The molecule has 116 valence electrons. The molecule has 1 amide bonds. The van der Waals surface area contributed by atoms with Crippen LogP contribution in [0.2, 0.25) is 0 Å². The second-order valence-corrected chi connectivity index (χ2v) is 6.00. The molecular weight excluding hydrogens is 284 g/mol. The van der Waals surface area contributed by atoms with Crippen molar-refractivity contribution in [1.29, 1.82) is 5.26 Å². The fraction of sp³-hybridized carbons (Fsp3) is 0.300. The standard InChI is InChI=1S/C20H20N2O/c1-22-18-13-6-5-11-16(18)19(15-9-3-2-4-10-15)17(20(22)23)12-7-8-14-21/h2-6,9-11,13,17,19H,7-8,12H2,1H3/t17-,19+/m0/s1. The van der Waals surface area contributed by atoms with Gasteiger partial charge in [0, 0.05) is 31.0 Å². The lowest BCUT2D eigenvalue weighted by Crippen LogP contribution is -2.41. The largest absolute Gasteiger partial charge is 0.315 e. The first-order chi connectivity index (χ1) is 11.2. The third-order valence-electron chi connectivity index (χ3n) is 4.65. The number of benzene rings is 2. The number of carbonyl (C=O) groups excluding carboxylic acids is 1. The lowest BCUT2D eigenvalue weighted by molar-refractivity contribution is -0.123. The maximum atomic E-state index is 12.9. The van der Waals surface area contributed by atoms with Gasteiger partial charge in [0.05, 0.1) is 6.07 Å². The van der Waals surface area contributed by atoms with Crippen LogP contribution in [0.25, 0.3) is 0 Å². The predicted molar refractivity (Wildman–Crippen MR) is 91.1 cm³/mol. The zero-order chi connectivity index (χ0) is 16.2. The summed E-state index contributed by atoms with van der Waals surface area (Å²) in [4.78, 5) is 14.7. The number of unbranched alkanes of at least 4 members (excludes halogenated alkanes) is 1. The summed E-state index contributed by atoms with van der Waals surface area (Å²) in [6, 6.07) is 20.5. The number of fused-ring (bicyclic) bond motifs is 1. The van der Waals surface area contributed by atoms with E-state index in [2.05, 4.69) is 24.3 Å². The molecule has 2 atom stereocenters. The topological polar surface area (TPSA) is 44.1 Å². The van der Waals surface area contributed by atoms with Gasteiger partial charge in [0.25, 0.3) is 0 Å². The van der Waals surface area contributed by atoms with Gasteiger partial charge in [-0.05, 0) is 30.0 Å². The average molecular weight is 304 g/mol. The molecule has 1 heterocycles. The Labute approximate surface area is 137 Å². The van der Waals surface area contributed by atoms with Gasteiger partial charge in [-0.1, -0.05) is 48.5 Å². The van der Waals surface area contributed by atoms with Crippen molar-refractivity contribution in [2.45, 2.75) is 25.2 Å². The summed E-state index contributed by atoms with van der Waals surface area (Å²) in [7, 11) is 1.85. The van der Waals surface area contributed by atoms with Gasteiger partial charge >= 0.3 is 0 Å². The molecule has 0 unspecified atom stereocenters. The summed E-state index contributed by atoms with van der Waals surface area (Å²) in [5.74, 6) is 0.107. The number of rotatable bonds is 4. The lowest BCUT2D eigenvalue weighted by Gasteiger charge is -2.38. The van der Waals surface area contributed by atoms with Crippen LogP contribution < -0.4 is 4.90 Å². The van der Waals surface area contributed by atoms with E-state index in [1.54, 1.807) is 4.90 Å². The molecule has 0 spiro atoms. The molecule has 1 aliphatic heterocycles. The van der Waals surface area contributed by atoms with Crippen molar-refractivity contribution < 1.29 is 4.79 Å². The van der Waals surface area contributed by atoms with Gasteiger partial charge in [-0.25, -0.2) is 0 Å². The van der Waals surface area contributed by atoms with Crippen molar-refractivity contribution >= 4 is 11.6 Å². The van der Waals surface area contributed by atoms with Crippen LogP contribution in [0.15, 0.2) is 54.6 Å². The predicted octanol–water partition coefficient (Wildman–Crippen LogP) is 4.10. The van der Waals surface area contributed by atoms with E-state index < -0.39 is 0 Å². The van der Waals surface area contributed by atoms with Crippen LogP contribution in [0.4, 0.5) is 5.69 Å². The summed E-state index contributed by atoms with van der Waals surface area (Å²) < 4.78 is 0. The Hall–Kier alpha value is -2.60. The highest BCUT2D eigenvalue weighted by atomic mass is 16.2. The summed E-state index contributed by atoms with van der Waals surface area (Å²) in [6.45, 7) is 0. The molecule has 0 N–H and O–H groups in total. The molecule has 3 heteroatoms. The second kappa shape index (κ2) is 6.66. The lowest BCUT2D eigenvalue weighted by atomic mass is 9.74. The Morgan fingerprint density at radius 2 is 1.78 bits per heavy atom. The monoisotopic (exact) mass is 304 g/mol. The van der Waals surface area contributed by atoms with E-state index in [4.69, 9.17) is 5.26 Å². The van der Waals surface area contributed by atoms with Crippen LogP contribution in [0.3, 0.4) is 0 Å². The molecule has 0 aromatic heterocycles. The van der Waals surface area contributed by atoms with Crippen molar-refractivity contribution in [3.8, 4) is 6.07 Å². The average Bonchev–Trinajstić information content (AvgIpc) is 2.60. The zero-order valence-electron chi connectivity index (χ0n) is 13.3. The van der Waals surface area contributed by atoms with Gasteiger partial charge in [0.1, 0.15) is 0 Å². The Bertz CT molecular complexity index is 733. The quantitative estimate of drug-likeness (QED) is 0.798. The third kappa shape index (κ3) is 2.85. The van der Waals surface area contributed by atoms with Crippen molar-refractivity contribution in [2.24, 2.45) is 5.92 Å². The van der Waals surface area contributed by atoms with Crippen LogP contribution in [0.5, 0.6) is 0 Å². The van der Waals surface area contributed by atoms with Crippen LogP contribution in [0.1, 0.15) is 36.3 Å². The number of amides is 1. The van der Waals surface area contributed by atoms with E-state index in [0.717, 1.165) is 18.5 Å². The maximum Gasteiger partial charge on any atom is 0.230 e. The van der Waals surface area contributed by atoms with Gasteiger partial charge in [0.15, 0.2) is 0 Å². The molecule has 0 saturated heterocycles. The van der Waals surface area contributed by atoms with E-state index in [1.165, 1.54) is 11.1 Å². The van der Waals surface area contributed by atoms with Crippen molar-refractivity contribution in [3.63, 3.8) is 0 Å². The minimum absolute atomic E-state index is 0.0646. The smallest absolute Gasteiger partial charge is 0.230 e. The minimum Gasteiger partial charge on any atom is -0.315 e. The van der Waals surface area contributed by atoms with Crippen molar-refractivity contribution in [1.82, 2.24) is 0 Å². The van der Waals surface area contributed by atoms with E-state index in [-0.39, 0.29) is 17.7 Å². The van der Waals surface area contributed by atoms with Gasteiger partial charge < -0.3 is 4.90 Å². The number of hydrogen-bond acceptors (Lipinski definition) is 2. The highest BCUT2D eigenvalue weighted by Gasteiger charge is 2.38. The number of hydrogen-bond donors (Lipinski definition) is 0. The first kappa shape index (κ1) is 15.3. The Morgan fingerprint density at radius 3 is 2.52 bits per heavy atom. The molecule has 0 aliphatic carbocycles. The first-order valence-corrected chi connectivity index (χ1v) is 8.02. The summed E-state index contributed by atoms with van der Waals surface area (Å²) in [5, 5.41) is 8.81. The second-order valence-electron chi connectivity index (χ2n) is 6.00. The molecule has 2 aromatic carbocycles. The summed E-state index contributed by atoms with van der Waals surface area (Å²) >= 11 is 0. The van der Waals surface area contributed by atoms with Gasteiger partial charge in [-0.15, -0.1) is 0 Å². The third-order valence-corrected chi connectivity index (χ3v) is 4.65. The molecule has 0 fully saturated rings. The Morgan fingerprint density at radius 1 is 1.09 bits per heavy atom. The van der Waals surface area contributed by atoms with Crippen LogP contribution >= 0.6 is 0 Å². The minimum atomic E-state index is -0.106. The number of para-hydroxylation sites is 1. The van der Waals surface area contributed by atoms with E-state index >= 15 is 0 Å². The highest BCUT2D eigenvalue weighted by molar-refractivity contribution is 5.99. The Kier molecular flexibility index (Phi) is 4.43. The molecule has 0 bridgehead atoms. The maximum absolute atomic E-state index is 12.9. The zero-order valence-corrected chi connectivity index (χ0v) is 13.3. The molecule has 23 heavy (non-hydrogen) atoms. The molecule has 0 radical (unpaired) electrons. The summed E-state index contributed by atoms with van der Waals surface area (Å²) in [6.07, 6.45) is 1.99. The van der Waals surface area contributed by atoms with Gasteiger partial charge in [-0.3, -0.25) is 4.79 Å². The van der Waals surface area contributed by atoms with Gasteiger partial charge in [0.2, 0.25) is 5.91 Å². The molecule has 3 nitrogen and oxygen atoms in total. The van der Waals surface area contributed by atoms with Gasteiger partial charge in [-0.2, -0.15) is 5.26 Å². The summed E-state index contributed by atoms with van der Waals surface area (Å²) in [5.41, 5.74) is 3.36. The molecule has 2 aromatic rings.